The second-order valence-electron chi connectivity index (χ2n) is 5.71. The number of phenolic OH excluding ortho intramolecular Hbond substituents is 1. The summed E-state index contributed by atoms with van der Waals surface area (Å²) in [6.07, 6.45) is 2.20. The van der Waals surface area contributed by atoms with Crippen LogP contribution < -0.4 is 4.74 Å². The zero-order valence-corrected chi connectivity index (χ0v) is 15.1. The van der Waals surface area contributed by atoms with E-state index < -0.39 is 0 Å². The predicted molar refractivity (Wildman–Crippen MR) is 91.9 cm³/mol. The number of nitrogens with zero attached hydrogens (tertiary/aromatic N) is 2. The van der Waals surface area contributed by atoms with Gasteiger partial charge >= 0.3 is 0 Å². The maximum Gasteiger partial charge on any atom is 0.261 e. The third-order valence-electron chi connectivity index (χ3n) is 4.32. The van der Waals surface area contributed by atoms with Crippen LogP contribution in [0.1, 0.15) is 30.1 Å². The molecule has 0 radical (unpaired) electrons. The van der Waals surface area contributed by atoms with Crippen molar-refractivity contribution in [3.8, 4) is 11.5 Å². The molecular weight excluding hydrogens is 339 g/mol. The van der Waals surface area contributed by atoms with Crippen molar-refractivity contribution in [1.82, 2.24) is 9.80 Å². The van der Waals surface area contributed by atoms with Crippen molar-refractivity contribution >= 4 is 29.1 Å². The number of halogens is 2. The number of rotatable bonds is 5. The van der Waals surface area contributed by atoms with Crippen molar-refractivity contribution in [2.75, 3.05) is 33.8 Å². The summed E-state index contributed by atoms with van der Waals surface area (Å²) in [5.74, 6) is -0.514. The molecule has 0 bridgehead atoms. The fraction of sp³-hybridized carbons (Fsp3) is 0.562. The SMILES string of the molecule is CCN1CCCC1CN(C)C(=O)c1c(O)c(Cl)cc(Cl)c1OC. The Hall–Kier alpha value is -1.17. The van der Waals surface area contributed by atoms with Crippen LogP contribution in [0.3, 0.4) is 0 Å². The number of likely N-dealkylation sites (tertiary alicyclic amines) is 1. The molecule has 0 aromatic heterocycles. The number of hydrogen-bond acceptors (Lipinski definition) is 4. The summed E-state index contributed by atoms with van der Waals surface area (Å²) in [5, 5.41) is 10.4. The molecule has 1 amide bonds. The average molecular weight is 361 g/mol. The molecule has 1 heterocycles. The van der Waals surface area contributed by atoms with Crippen LogP contribution in [-0.4, -0.2) is 60.6 Å². The summed E-state index contributed by atoms with van der Waals surface area (Å²) < 4.78 is 5.19. The van der Waals surface area contributed by atoms with Crippen molar-refractivity contribution in [1.29, 1.82) is 0 Å². The highest BCUT2D eigenvalue weighted by Crippen LogP contribution is 2.41. The van der Waals surface area contributed by atoms with Crippen LogP contribution >= 0.6 is 23.2 Å². The van der Waals surface area contributed by atoms with Gasteiger partial charge in [0, 0.05) is 19.6 Å². The highest BCUT2D eigenvalue weighted by molar-refractivity contribution is 6.37. The third kappa shape index (κ3) is 3.67. The third-order valence-corrected chi connectivity index (χ3v) is 4.88. The second kappa shape index (κ2) is 7.60. The maximum atomic E-state index is 12.8. The minimum Gasteiger partial charge on any atom is -0.505 e. The summed E-state index contributed by atoms with van der Waals surface area (Å²) in [4.78, 5) is 16.7. The van der Waals surface area contributed by atoms with E-state index in [9.17, 15) is 9.90 Å². The fourth-order valence-electron chi connectivity index (χ4n) is 3.10. The molecule has 7 heteroatoms. The summed E-state index contributed by atoms with van der Waals surface area (Å²) in [6, 6.07) is 1.70. The molecule has 1 aromatic rings. The number of carbonyl (C=O) groups excluding carboxylic acids is 1. The first kappa shape index (κ1) is 18.2. The summed E-state index contributed by atoms with van der Waals surface area (Å²) in [7, 11) is 3.11. The van der Waals surface area contributed by atoms with Crippen LogP contribution in [0.2, 0.25) is 10.0 Å². The molecule has 0 spiro atoms. The Morgan fingerprint density at radius 3 is 2.78 bits per heavy atom. The molecule has 5 nitrogen and oxygen atoms in total. The molecular formula is C16H22Cl2N2O3. The van der Waals surface area contributed by atoms with Gasteiger partial charge < -0.3 is 14.7 Å². The minimum atomic E-state index is -0.355. The highest BCUT2D eigenvalue weighted by Gasteiger charge is 2.29. The van der Waals surface area contributed by atoms with Crippen LogP contribution in [0.25, 0.3) is 0 Å². The maximum absolute atomic E-state index is 12.8. The Balaban J connectivity index is 2.26. The van der Waals surface area contributed by atoms with Crippen LogP contribution in [0.5, 0.6) is 11.5 Å². The van der Waals surface area contributed by atoms with E-state index in [1.807, 2.05) is 0 Å². The topological polar surface area (TPSA) is 53.0 Å². The van der Waals surface area contributed by atoms with Gasteiger partial charge in [0.25, 0.3) is 5.91 Å². The Kier molecular flexibility index (Phi) is 6.00. The van der Waals surface area contributed by atoms with Gasteiger partial charge in [-0.05, 0) is 32.0 Å². The standard InChI is InChI=1S/C16H22Cl2N2O3/c1-4-20-7-5-6-10(20)9-19(2)16(22)13-14(21)11(17)8-12(18)15(13)23-3/h8,10,21H,4-7,9H2,1-3H3. The van der Waals surface area contributed by atoms with Gasteiger partial charge in [-0.3, -0.25) is 9.69 Å². The zero-order chi connectivity index (χ0) is 17.1. The zero-order valence-electron chi connectivity index (χ0n) is 13.6. The lowest BCUT2D eigenvalue weighted by Crippen LogP contribution is -2.41. The van der Waals surface area contributed by atoms with E-state index in [0.29, 0.717) is 12.6 Å². The molecule has 1 aliphatic rings. The van der Waals surface area contributed by atoms with Crippen LogP contribution in [0.15, 0.2) is 6.07 Å². The van der Waals surface area contributed by atoms with Gasteiger partial charge in [-0.1, -0.05) is 30.1 Å². The Morgan fingerprint density at radius 2 is 2.17 bits per heavy atom. The van der Waals surface area contributed by atoms with Crippen molar-refractivity contribution < 1.29 is 14.6 Å². The minimum absolute atomic E-state index is 0.00791. The number of benzene rings is 1. The molecule has 1 fully saturated rings. The van der Waals surface area contributed by atoms with Crippen LogP contribution in [0, 0.1) is 0 Å². The van der Waals surface area contributed by atoms with E-state index >= 15 is 0 Å². The van der Waals surface area contributed by atoms with Gasteiger partial charge in [-0.15, -0.1) is 0 Å². The molecule has 0 saturated carbocycles. The van der Waals surface area contributed by atoms with Gasteiger partial charge in [0.2, 0.25) is 0 Å². The monoisotopic (exact) mass is 360 g/mol. The van der Waals surface area contributed by atoms with Crippen molar-refractivity contribution in [2.24, 2.45) is 0 Å². The number of ether oxygens (including phenoxy) is 1. The van der Waals surface area contributed by atoms with Crippen molar-refractivity contribution in [2.45, 2.75) is 25.8 Å². The Morgan fingerprint density at radius 1 is 1.48 bits per heavy atom. The number of amides is 1. The summed E-state index contributed by atoms with van der Waals surface area (Å²) in [5.41, 5.74) is 0.00791. The van der Waals surface area contributed by atoms with E-state index in [0.717, 1.165) is 25.9 Å². The number of carbonyl (C=O) groups is 1. The molecule has 1 saturated heterocycles. The van der Waals surface area contributed by atoms with Crippen LogP contribution in [0.4, 0.5) is 0 Å². The number of aromatic hydroxyl groups is 1. The van der Waals surface area contributed by atoms with E-state index in [1.54, 1.807) is 11.9 Å². The number of likely N-dealkylation sites (N-methyl/N-ethyl adjacent to an activating group) is 2. The number of phenols is 1. The van der Waals surface area contributed by atoms with Crippen molar-refractivity contribution in [3.05, 3.63) is 21.7 Å². The Bertz CT molecular complexity index is 595. The molecule has 2 rings (SSSR count). The quantitative estimate of drug-likeness (QED) is 0.875. The molecule has 1 N–H and O–H groups in total. The summed E-state index contributed by atoms with van der Waals surface area (Å²) in [6.45, 7) is 4.72. The molecule has 1 unspecified atom stereocenters. The normalized spacial score (nSPS) is 18.2. The highest BCUT2D eigenvalue weighted by atomic mass is 35.5. The molecule has 23 heavy (non-hydrogen) atoms. The molecule has 1 aromatic carbocycles. The van der Waals surface area contributed by atoms with Crippen LogP contribution in [-0.2, 0) is 0 Å². The van der Waals surface area contributed by atoms with Gasteiger partial charge in [0.05, 0.1) is 17.2 Å². The predicted octanol–water partition coefficient (Wildman–Crippen LogP) is 3.26. The average Bonchev–Trinajstić information content (AvgIpc) is 2.96. The largest absolute Gasteiger partial charge is 0.505 e. The van der Waals surface area contributed by atoms with Gasteiger partial charge in [0.1, 0.15) is 5.56 Å². The van der Waals surface area contributed by atoms with Gasteiger partial charge in [0.15, 0.2) is 11.5 Å². The number of methoxy groups -OCH3 is 1. The van der Waals surface area contributed by atoms with Gasteiger partial charge in [-0.2, -0.15) is 0 Å². The summed E-state index contributed by atoms with van der Waals surface area (Å²) >= 11 is 12.0. The first-order valence-corrected chi connectivity index (χ1v) is 8.40. The molecule has 128 valence electrons. The second-order valence-corrected chi connectivity index (χ2v) is 6.52. The van der Waals surface area contributed by atoms with Gasteiger partial charge in [-0.25, -0.2) is 0 Å². The molecule has 1 atom stereocenters. The lowest BCUT2D eigenvalue weighted by Gasteiger charge is -2.28. The smallest absolute Gasteiger partial charge is 0.261 e. The molecule has 0 aliphatic carbocycles. The van der Waals surface area contributed by atoms with E-state index in [1.165, 1.54) is 13.2 Å². The number of hydrogen-bond donors (Lipinski definition) is 1. The first-order chi connectivity index (χ1) is 10.9. The first-order valence-electron chi connectivity index (χ1n) is 7.65. The Labute approximate surface area is 146 Å². The van der Waals surface area contributed by atoms with E-state index in [2.05, 4.69) is 11.8 Å². The lowest BCUT2D eigenvalue weighted by molar-refractivity contribution is 0.0748. The fourth-order valence-corrected chi connectivity index (χ4v) is 3.64. The lowest BCUT2D eigenvalue weighted by atomic mass is 10.1. The molecule has 1 aliphatic heterocycles. The van der Waals surface area contributed by atoms with E-state index in [-0.39, 0.29) is 33.0 Å². The van der Waals surface area contributed by atoms with E-state index in [4.69, 9.17) is 27.9 Å². The van der Waals surface area contributed by atoms with Crippen molar-refractivity contribution in [3.63, 3.8) is 0 Å².